The van der Waals surface area contributed by atoms with E-state index in [4.69, 9.17) is 0 Å². The number of hydrogen-bond acceptors (Lipinski definition) is 3. The predicted octanol–water partition coefficient (Wildman–Crippen LogP) is 4.28. The lowest BCUT2D eigenvalue weighted by Gasteiger charge is -2.26. The van der Waals surface area contributed by atoms with Crippen LogP contribution in [0, 0.1) is 0 Å². The highest BCUT2D eigenvalue weighted by Crippen LogP contribution is 2.27. The molecule has 0 saturated carbocycles. The maximum Gasteiger partial charge on any atom is 0.573 e. The van der Waals surface area contributed by atoms with E-state index in [1.54, 1.807) is 11.0 Å². The predicted molar refractivity (Wildman–Crippen MR) is 97.1 cm³/mol. The molecule has 0 aliphatic carbocycles. The van der Waals surface area contributed by atoms with Crippen LogP contribution in [0.5, 0.6) is 5.75 Å². The van der Waals surface area contributed by atoms with Crippen LogP contribution < -0.4 is 10.1 Å². The summed E-state index contributed by atoms with van der Waals surface area (Å²) in [5, 5.41) is 3.09. The van der Waals surface area contributed by atoms with Crippen LogP contribution in [0.15, 0.2) is 54.6 Å². The van der Waals surface area contributed by atoms with E-state index in [-0.39, 0.29) is 18.2 Å². The Bertz CT molecular complexity index is 732. The number of likely N-dealkylation sites (N-methyl/N-ethyl adjacent to an activating group) is 1. The second-order valence-electron chi connectivity index (χ2n) is 5.89. The number of carbonyl (C=O) groups excluding carboxylic acids is 1. The van der Waals surface area contributed by atoms with Gasteiger partial charge in [-0.1, -0.05) is 48.5 Å². The zero-order valence-corrected chi connectivity index (χ0v) is 15.3. The van der Waals surface area contributed by atoms with E-state index in [2.05, 4.69) is 10.1 Å². The van der Waals surface area contributed by atoms with E-state index in [0.717, 1.165) is 5.56 Å². The lowest BCUT2D eigenvalue weighted by atomic mass is 10.0. The van der Waals surface area contributed by atoms with E-state index in [1.165, 1.54) is 18.2 Å². The molecule has 0 aliphatic heterocycles. The number of benzene rings is 2. The van der Waals surface area contributed by atoms with Gasteiger partial charge in [0.25, 0.3) is 0 Å². The fraction of sp³-hybridized carbons (Fsp3) is 0.350. The number of ether oxygens (including phenoxy) is 1. The topological polar surface area (TPSA) is 41.6 Å². The minimum Gasteiger partial charge on any atom is -0.405 e. The Labute approximate surface area is 156 Å². The van der Waals surface area contributed by atoms with Gasteiger partial charge in [0.1, 0.15) is 11.8 Å². The highest BCUT2D eigenvalue weighted by atomic mass is 19.4. The summed E-state index contributed by atoms with van der Waals surface area (Å²) in [6, 6.07) is 14.4. The summed E-state index contributed by atoms with van der Waals surface area (Å²) < 4.78 is 41.9. The van der Waals surface area contributed by atoms with Gasteiger partial charge in [0.2, 0.25) is 5.91 Å². The molecule has 0 spiro atoms. The van der Waals surface area contributed by atoms with E-state index >= 15 is 0 Å². The first-order chi connectivity index (χ1) is 12.9. The van der Waals surface area contributed by atoms with Crippen LogP contribution >= 0.6 is 0 Å². The Kier molecular flexibility index (Phi) is 7.24. The van der Waals surface area contributed by atoms with E-state index in [0.29, 0.717) is 18.7 Å². The molecule has 1 amide bonds. The Hall–Kier alpha value is -2.54. The number of alkyl halides is 3. The van der Waals surface area contributed by atoms with Crippen molar-refractivity contribution in [1.29, 1.82) is 0 Å². The Morgan fingerprint density at radius 1 is 1.04 bits per heavy atom. The van der Waals surface area contributed by atoms with Crippen molar-refractivity contribution in [2.45, 2.75) is 32.8 Å². The number of hydrogen-bond donors (Lipinski definition) is 1. The molecule has 2 aromatic carbocycles. The van der Waals surface area contributed by atoms with Crippen molar-refractivity contribution in [3.63, 3.8) is 0 Å². The molecule has 0 heterocycles. The Balaban J connectivity index is 2.23. The average Bonchev–Trinajstić information content (AvgIpc) is 2.64. The number of rotatable bonds is 8. The molecule has 27 heavy (non-hydrogen) atoms. The van der Waals surface area contributed by atoms with E-state index in [9.17, 15) is 18.0 Å². The van der Waals surface area contributed by atoms with Crippen molar-refractivity contribution in [2.75, 3.05) is 13.1 Å². The molecule has 2 rings (SSSR count). The summed E-state index contributed by atoms with van der Waals surface area (Å²) in [7, 11) is 0. The molecule has 1 atom stereocenters. The average molecular weight is 380 g/mol. The summed E-state index contributed by atoms with van der Waals surface area (Å²) in [4.78, 5) is 14.6. The largest absolute Gasteiger partial charge is 0.573 e. The highest BCUT2D eigenvalue weighted by Gasteiger charge is 2.32. The van der Waals surface area contributed by atoms with Gasteiger partial charge in [-0.05, 0) is 25.5 Å². The number of nitrogens with zero attached hydrogens (tertiary/aromatic N) is 1. The van der Waals surface area contributed by atoms with Crippen LogP contribution in [-0.4, -0.2) is 30.3 Å². The molecule has 1 unspecified atom stereocenters. The van der Waals surface area contributed by atoms with Gasteiger partial charge in [0.05, 0.1) is 0 Å². The fourth-order valence-electron chi connectivity index (χ4n) is 2.80. The zero-order chi connectivity index (χ0) is 19.9. The summed E-state index contributed by atoms with van der Waals surface area (Å²) >= 11 is 0. The third-order valence-electron chi connectivity index (χ3n) is 4.15. The molecule has 0 aromatic heterocycles. The lowest BCUT2D eigenvalue weighted by Crippen LogP contribution is -2.40. The normalized spacial score (nSPS) is 12.5. The minimum atomic E-state index is -4.77. The quantitative estimate of drug-likeness (QED) is 0.743. The third-order valence-corrected chi connectivity index (χ3v) is 4.15. The summed E-state index contributed by atoms with van der Waals surface area (Å²) in [5.74, 6) is -0.403. The first kappa shape index (κ1) is 20.8. The van der Waals surface area contributed by atoms with Crippen LogP contribution in [0.2, 0.25) is 0 Å². The van der Waals surface area contributed by atoms with Crippen molar-refractivity contribution in [3.05, 3.63) is 65.7 Å². The van der Waals surface area contributed by atoms with Gasteiger partial charge in [-0.3, -0.25) is 10.1 Å². The smallest absolute Gasteiger partial charge is 0.405 e. The number of halogens is 3. The number of para-hydroxylation sites is 1. The molecular weight excluding hydrogens is 357 g/mol. The zero-order valence-electron chi connectivity index (χ0n) is 15.3. The maximum atomic E-state index is 12.9. The molecule has 0 aliphatic rings. The molecule has 1 N–H and O–H groups in total. The lowest BCUT2D eigenvalue weighted by molar-refractivity contribution is -0.274. The van der Waals surface area contributed by atoms with Crippen molar-refractivity contribution in [2.24, 2.45) is 0 Å². The first-order valence-electron chi connectivity index (χ1n) is 8.76. The second-order valence-corrected chi connectivity index (χ2v) is 5.89. The van der Waals surface area contributed by atoms with Gasteiger partial charge in [-0.2, -0.15) is 0 Å². The monoisotopic (exact) mass is 380 g/mol. The van der Waals surface area contributed by atoms with Crippen LogP contribution in [0.1, 0.15) is 31.0 Å². The molecule has 7 heteroatoms. The van der Waals surface area contributed by atoms with Gasteiger partial charge in [0.15, 0.2) is 0 Å². The summed E-state index contributed by atoms with van der Waals surface area (Å²) in [6.45, 7) is 4.92. The SMILES string of the molecule is CCN(CC)C(=O)C(NCc1ccccc1OC(F)(F)F)c1ccccc1. The van der Waals surface area contributed by atoms with Crippen molar-refractivity contribution < 1.29 is 22.7 Å². The second kappa shape index (κ2) is 9.41. The van der Waals surface area contributed by atoms with Crippen molar-refractivity contribution >= 4 is 5.91 Å². The molecular formula is C20H23F3N2O2. The maximum absolute atomic E-state index is 12.9. The number of carbonyl (C=O) groups is 1. The summed E-state index contributed by atoms with van der Waals surface area (Å²) in [5.41, 5.74) is 1.08. The molecule has 0 saturated heterocycles. The standard InChI is InChI=1S/C20H23F3N2O2/c1-3-25(4-2)19(26)18(15-10-6-5-7-11-15)24-14-16-12-8-9-13-17(16)27-20(21,22)23/h5-13,18,24H,3-4,14H2,1-2H3. The molecule has 4 nitrogen and oxygen atoms in total. The number of nitrogens with one attached hydrogen (secondary N) is 1. The van der Waals surface area contributed by atoms with Crippen LogP contribution in [-0.2, 0) is 11.3 Å². The molecule has 2 aromatic rings. The molecule has 0 bridgehead atoms. The highest BCUT2D eigenvalue weighted by molar-refractivity contribution is 5.83. The molecule has 0 fully saturated rings. The van der Waals surface area contributed by atoms with Gasteiger partial charge in [-0.15, -0.1) is 13.2 Å². The Morgan fingerprint density at radius 2 is 1.63 bits per heavy atom. The minimum absolute atomic E-state index is 0.0544. The van der Waals surface area contributed by atoms with E-state index < -0.39 is 12.4 Å². The molecule has 146 valence electrons. The van der Waals surface area contributed by atoms with Gasteiger partial charge < -0.3 is 9.64 Å². The summed E-state index contributed by atoms with van der Waals surface area (Å²) in [6.07, 6.45) is -4.77. The fourth-order valence-corrected chi connectivity index (χ4v) is 2.80. The molecule has 0 radical (unpaired) electrons. The van der Waals surface area contributed by atoms with Gasteiger partial charge in [0, 0.05) is 25.2 Å². The van der Waals surface area contributed by atoms with Crippen LogP contribution in [0.3, 0.4) is 0 Å². The van der Waals surface area contributed by atoms with E-state index in [1.807, 2.05) is 44.2 Å². The van der Waals surface area contributed by atoms with Crippen LogP contribution in [0.25, 0.3) is 0 Å². The first-order valence-corrected chi connectivity index (χ1v) is 8.76. The van der Waals surface area contributed by atoms with Gasteiger partial charge >= 0.3 is 6.36 Å². The number of amides is 1. The van der Waals surface area contributed by atoms with Gasteiger partial charge in [-0.25, -0.2) is 0 Å². The van der Waals surface area contributed by atoms with Crippen molar-refractivity contribution in [3.8, 4) is 5.75 Å². The van der Waals surface area contributed by atoms with Crippen molar-refractivity contribution in [1.82, 2.24) is 10.2 Å². The third kappa shape index (κ3) is 5.99. The Morgan fingerprint density at radius 3 is 2.22 bits per heavy atom. The van der Waals surface area contributed by atoms with Crippen LogP contribution in [0.4, 0.5) is 13.2 Å².